The molecule has 30 heteroatoms. The number of ether oxygens (including phenoxy) is 10. The summed E-state index contributed by atoms with van der Waals surface area (Å²) in [4.78, 5) is 37.0. The van der Waals surface area contributed by atoms with Gasteiger partial charge in [-0.1, -0.05) is 116 Å². The first kappa shape index (κ1) is 92.9. The smallest absolute Gasteiger partial charge is 0.258 e. The van der Waals surface area contributed by atoms with E-state index in [2.05, 4.69) is 83.9 Å². The summed E-state index contributed by atoms with van der Waals surface area (Å²) in [5, 5.41) is 33.0. The molecule has 0 saturated carbocycles. The number of hydrogen-bond acceptors (Lipinski definition) is 29. The number of H-pyrrole nitrogens is 1. The molecular formula is C102H106N14O16. The first-order valence-electron chi connectivity index (χ1n) is 44.3. The van der Waals surface area contributed by atoms with E-state index in [0.717, 1.165) is 96.9 Å². The minimum absolute atomic E-state index is 0.144. The van der Waals surface area contributed by atoms with Crippen LogP contribution in [-0.2, 0) is 13.2 Å². The number of hydrogen-bond donors (Lipinski definition) is 2. The SMILES string of the molecule is CCOc1ccc(-c2nc(-c3cc4ccccc4cn3)no2)cc1OCC.CCOc1ccc(-c2nc(-c3ccc(C)cc3)no2)cc1OCC.CCOc1ccc(-c2nc(-c3cccc(C)c3)no2)cc1OCC.CCOc1ccc(-c2nc(-c3cccc4[nH]cc(CN5CCCC5)c34)no2)cc1OCC.CCOc1ccc(-c2nc(-c3ccnc(CO)c3)no2)cc1OCC. The van der Waals surface area contributed by atoms with E-state index in [0.29, 0.717) is 194 Å². The topological polar surface area (TPSA) is 352 Å². The standard InChI is InChI=1S/C25H28N4O3.C21H19N3O3.2C19H20N2O3.C18H19N3O4/c1-3-30-21-11-10-17(14-22(21)31-4-2)25-27-24(28-32-25)19-8-7-9-20-23(19)18(15-26-20)16-29-12-5-6-13-29;1-3-25-18-10-9-15(12-19(18)26-4-2)21-23-20(24-27-21)17-11-14-7-5-6-8-16(14)13-22-17;1-4-22-16-11-10-15(12-17(16)23-5-2)19-20-18(21-24-19)14-8-6-13(3)7-9-14;1-4-22-16-10-9-15(12-17(16)23-5-2)19-20-18(21-24-19)14-8-6-7-13(3)11-14;1-3-23-15-6-5-13(10-16(15)24-4-2)18-20-17(21-25-18)12-7-8-19-14(9-12)11-22/h7-11,14-15,26H,3-6,12-13,16H2,1-2H3;5-13H,3-4H2,1-2H3;2*6-12H,4-5H2,1-3H3;5-10,22H,3-4,11H2,1-2H3. The van der Waals surface area contributed by atoms with Gasteiger partial charge in [-0.05, 0) is 241 Å². The van der Waals surface area contributed by atoms with E-state index in [4.69, 9.17) is 75.0 Å². The number of likely N-dealkylation sites (tertiary alicyclic amines) is 1. The Balaban J connectivity index is 0.000000133. The lowest BCUT2D eigenvalue weighted by atomic mass is 10.1. The maximum Gasteiger partial charge on any atom is 0.258 e. The van der Waals surface area contributed by atoms with Gasteiger partial charge in [0.2, 0.25) is 29.1 Å². The van der Waals surface area contributed by atoms with Crippen LogP contribution in [0.3, 0.4) is 0 Å². The van der Waals surface area contributed by atoms with Crippen molar-refractivity contribution in [1.82, 2.24) is 70.6 Å². The molecule has 0 aliphatic carbocycles. The summed E-state index contributed by atoms with van der Waals surface area (Å²) >= 11 is 0. The normalized spacial score (nSPS) is 11.6. The van der Waals surface area contributed by atoms with Gasteiger partial charge >= 0.3 is 0 Å². The van der Waals surface area contributed by atoms with Crippen LogP contribution in [0.15, 0.2) is 241 Å². The highest BCUT2D eigenvalue weighted by Gasteiger charge is 2.24. The highest BCUT2D eigenvalue weighted by molar-refractivity contribution is 5.96. The van der Waals surface area contributed by atoms with Crippen LogP contribution in [0.5, 0.6) is 57.5 Å². The molecule has 0 unspecified atom stereocenters. The van der Waals surface area contributed by atoms with Crippen molar-refractivity contribution in [3.8, 4) is 172 Å². The van der Waals surface area contributed by atoms with E-state index in [1.165, 1.54) is 24.0 Å². The molecule has 0 spiro atoms. The number of aliphatic hydroxyl groups is 1. The maximum atomic E-state index is 9.19. The van der Waals surface area contributed by atoms with Crippen LogP contribution in [0.2, 0.25) is 0 Å². The molecule has 132 heavy (non-hydrogen) atoms. The summed E-state index contributed by atoms with van der Waals surface area (Å²) in [6.45, 7) is 32.1. The average Bonchev–Trinajstić information content (AvgIpc) is 1.63. The second-order valence-corrected chi connectivity index (χ2v) is 29.6. The van der Waals surface area contributed by atoms with Gasteiger partial charge in [-0.15, -0.1) is 0 Å². The molecule has 2 N–H and O–H groups in total. The zero-order valence-electron chi connectivity index (χ0n) is 76.0. The molecule has 680 valence electrons. The van der Waals surface area contributed by atoms with E-state index in [9.17, 15) is 5.11 Å². The third-order valence-corrected chi connectivity index (χ3v) is 20.4. The lowest BCUT2D eigenvalue weighted by Crippen LogP contribution is -2.18. The van der Waals surface area contributed by atoms with Gasteiger partial charge in [0.05, 0.1) is 78.4 Å². The maximum absolute atomic E-state index is 9.19. The van der Waals surface area contributed by atoms with Crippen LogP contribution >= 0.6 is 0 Å². The summed E-state index contributed by atoms with van der Waals surface area (Å²) in [7, 11) is 0. The van der Waals surface area contributed by atoms with Crippen molar-refractivity contribution in [2.24, 2.45) is 0 Å². The number of fused-ring (bicyclic) bond motifs is 2. The van der Waals surface area contributed by atoms with Crippen LogP contribution in [-0.4, -0.2) is 155 Å². The Morgan fingerprint density at radius 1 is 0.333 bits per heavy atom. The molecule has 0 atom stereocenters. The molecule has 1 aliphatic rings. The van der Waals surface area contributed by atoms with Gasteiger partial charge in [0.15, 0.2) is 57.5 Å². The molecule has 8 aromatic heterocycles. The second kappa shape index (κ2) is 46.1. The zero-order chi connectivity index (χ0) is 92.1. The van der Waals surface area contributed by atoms with Gasteiger partial charge in [-0.25, -0.2) is 0 Å². The first-order chi connectivity index (χ1) is 64.7. The predicted octanol–water partition coefficient (Wildman–Crippen LogP) is 22.1. The Bertz CT molecular complexity index is 6570. The highest BCUT2D eigenvalue weighted by Crippen LogP contribution is 2.41. The number of aromatic amines is 1. The number of nitrogens with zero attached hydrogens (tertiary/aromatic N) is 13. The van der Waals surface area contributed by atoms with Crippen molar-refractivity contribution < 1.29 is 75.1 Å². The molecule has 17 aromatic rings. The van der Waals surface area contributed by atoms with Gasteiger partial charge < -0.3 is 80.1 Å². The molecule has 9 heterocycles. The molecule has 0 amide bonds. The van der Waals surface area contributed by atoms with Gasteiger partial charge in [0.1, 0.15) is 5.69 Å². The molecule has 9 aromatic carbocycles. The third-order valence-electron chi connectivity index (χ3n) is 20.4. The summed E-state index contributed by atoms with van der Waals surface area (Å²) in [6.07, 6.45) is 8.06. The zero-order valence-corrected chi connectivity index (χ0v) is 76.0. The Hall–Kier alpha value is -15.3. The average molecular weight is 1780 g/mol. The molecule has 1 saturated heterocycles. The number of pyridine rings is 2. The fourth-order valence-corrected chi connectivity index (χ4v) is 14.3. The number of benzene rings is 9. The first-order valence-corrected chi connectivity index (χ1v) is 44.3. The van der Waals surface area contributed by atoms with Crippen molar-refractivity contribution in [1.29, 1.82) is 0 Å². The summed E-state index contributed by atoms with van der Waals surface area (Å²) < 4.78 is 83.6. The summed E-state index contributed by atoms with van der Waals surface area (Å²) in [6, 6.07) is 63.6. The molecule has 1 fully saturated rings. The largest absolute Gasteiger partial charge is 0.490 e. The Labute approximate surface area is 764 Å². The number of aryl methyl sites for hydroxylation is 2. The predicted molar refractivity (Wildman–Crippen MR) is 502 cm³/mol. The molecule has 1 aliphatic heterocycles. The van der Waals surface area contributed by atoms with Crippen molar-refractivity contribution in [2.45, 2.75) is 109 Å². The number of nitrogens with one attached hydrogen (secondary N) is 1. The Kier molecular flexibility index (Phi) is 32.4. The van der Waals surface area contributed by atoms with E-state index in [-0.39, 0.29) is 6.61 Å². The number of aromatic nitrogens is 13. The monoisotopic (exact) mass is 1780 g/mol. The fourth-order valence-electron chi connectivity index (χ4n) is 14.3. The molecule has 0 radical (unpaired) electrons. The summed E-state index contributed by atoms with van der Waals surface area (Å²) in [5.74, 6) is 11.5. The van der Waals surface area contributed by atoms with E-state index >= 15 is 0 Å². The van der Waals surface area contributed by atoms with Gasteiger partial charge in [0, 0.05) is 91.5 Å². The van der Waals surface area contributed by atoms with Gasteiger partial charge in [-0.3, -0.25) is 14.9 Å². The van der Waals surface area contributed by atoms with Crippen molar-refractivity contribution in [3.63, 3.8) is 0 Å². The minimum atomic E-state index is -0.144. The molecular weight excluding hydrogens is 1680 g/mol. The molecule has 30 nitrogen and oxygen atoms in total. The van der Waals surface area contributed by atoms with Crippen molar-refractivity contribution >= 4 is 21.7 Å². The summed E-state index contributed by atoms with van der Waals surface area (Å²) in [5.41, 5.74) is 13.4. The van der Waals surface area contributed by atoms with Crippen LogP contribution in [0.25, 0.3) is 136 Å². The molecule has 18 rings (SSSR count). The van der Waals surface area contributed by atoms with E-state index in [1.54, 1.807) is 18.3 Å². The highest BCUT2D eigenvalue weighted by atomic mass is 16.5. The van der Waals surface area contributed by atoms with Crippen molar-refractivity contribution in [3.05, 3.63) is 241 Å². The Morgan fingerprint density at radius 2 is 0.712 bits per heavy atom. The van der Waals surface area contributed by atoms with E-state index in [1.807, 2.05) is 265 Å². The number of aliphatic hydroxyl groups excluding tert-OH is 1. The quantitative estimate of drug-likeness (QED) is 0.0386. The van der Waals surface area contributed by atoms with Crippen LogP contribution < -0.4 is 47.4 Å². The lowest BCUT2D eigenvalue weighted by molar-refractivity contribution is 0.277. The van der Waals surface area contributed by atoms with Gasteiger partial charge in [-0.2, -0.15) is 24.9 Å². The van der Waals surface area contributed by atoms with Gasteiger partial charge in [0.25, 0.3) is 29.5 Å². The second-order valence-electron chi connectivity index (χ2n) is 29.6. The minimum Gasteiger partial charge on any atom is -0.490 e. The number of rotatable bonds is 33. The molecule has 0 bridgehead atoms. The Morgan fingerprint density at radius 3 is 1.14 bits per heavy atom. The van der Waals surface area contributed by atoms with E-state index < -0.39 is 0 Å². The lowest BCUT2D eigenvalue weighted by Gasteiger charge is -2.14. The van der Waals surface area contributed by atoms with Crippen LogP contribution in [0.4, 0.5) is 0 Å². The third kappa shape index (κ3) is 23.6. The van der Waals surface area contributed by atoms with Crippen LogP contribution in [0.1, 0.15) is 104 Å². The van der Waals surface area contributed by atoms with Crippen LogP contribution in [0, 0.1) is 13.8 Å². The van der Waals surface area contributed by atoms with Crippen molar-refractivity contribution in [2.75, 3.05) is 79.2 Å². The fraction of sp³-hybridized carbons (Fsp3) is 0.275.